The Morgan fingerprint density at radius 2 is 1.62 bits per heavy atom. The van der Waals surface area contributed by atoms with Gasteiger partial charge < -0.3 is 0 Å². The third-order valence-corrected chi connectivity index (χ3v) is 8.96. The van der Waals surface area contributed by atoms with Crippen molar-refractivity contribution in [3.8, 4) is 0 Å². The molecule has 0 aliphatic rings. The van der Waals surface area contributed by atoms with Crippen LogP contribution in [0.25, 0.3) is 0 Å². The van der Waals surface area contributed by atoms with Gasteiger partial charge in [-0.25, -0.2) is 10.0 Å². The fourth-order valence-electron chi connectivity index (χ4n) is 2.13. The Kier molecular flexibility index (Phi) is 4.49. The summed E-state index contributed by atoms with van der Waals surface area (Å²) in [5, 5.41) is 1.50. The first-order valence-corrected chi connectivity index (χ1v) is 8.44. The van der Waals surface area contributed by atoms with Gasteiger partial charge in [-0.2, -0.15) is 0 Å². The van der Waals surface area contributed by atoms with E-state index in [-0.39, 0.29) is 0 Å². The Morgan fingerprint density at radius 1 is 1.06 bits per heavy atom. The average molecular weight is 238 g/mol. The van der Waals surface area contributed by atoms with E-state index in [2.05, 4.69) is 65.1 Å². The van der Waals surface area contributed by atoms with E-state index in [1.807, 2.05) is 0 Å². The van der Waals surface area contributed by atoms with Crippen molar-refractivity contribution in [3.63, 3.8) is 0 Å². The minimum Gasteiger partial charge on any atom is -0.213 e. The van der Waals surface area contributed by atoms with Crippen LogP contribution >= 0.6 is 10.0 Å². The van der Waals surface area contributed by atoms with Crippen molar-refractivity contribution in [2.75, 3.05) is 6.26 Å². The Balaban J connectivity index is 3.21. The molecular formula is C15H26S. The molecule has 0 bridgehead atoms. The lowest BCUT2D eigenvalue weighted by molar-refractivity contribution is 0.998. The van der Waals surface area contributed by atoms with Gasteiger partial charge in [-0.05, 0) is 39.7 Å². The number of rotatable bonds is 4. The summed E-state index contributed by atoms with van der Waals surface area (Å²) >= 11 is 0. The van der Waals surface area contributed by atoms with Crippen LogP contribution in [0.4, 0.5) is 0 Å². The summed E-state index contributed by atoms with van der Waals surface area (Å²) in [5.74, 6) is 0. The molecule has 0 fully saturated rings. The molecule has 0 aliphatic carbocycles. The normalized spacial score (nSPS) is 13.5. The van der Waals surface area contributed by atoms with Crippen molar-refractivity contribution in [1.29, 1.82) is 0 Å². The van der Waals surface area contributed by atoms with Crippen LogP contribution in [0.5, 0.6) is 0 Å². The van der Waals surface area contributed by atoms with E-state index in [1.54, 1.807) is 4.90 Å². The lowest BCUT2D eigenvalue weighted by atomic mass is 10.2. The average Bonchev–Trinajstić information content (AvgIpc) is 2.27. The first-order chi connectivity index (χ1) is 7.42. The van der Waals surface area contributed by atoms with Gasteiger partial charge in [-0.3, -0.25) is 0 Å². The molecule has 1 aromatic carbocycles. The summed E-state index contributed by atoms with van der Waals surface area (Å²) in [6.07, 6.45) is 3.62. The molecule has 1 aromatic rings. The van der Waals surface area contributed by atoms with Crippen molar-refractivity contribution < 1.29 is 0 Å². The van der Waals surface area contributed by atoms with Crippen LogP contribution in [-0.2, 0) is 6.42 Å². The molecule has 0 nitrogen and oxygen atoms in total. The zero-order valence-electron chi connectivity index (χ0n) is 11.6. The molecule has 0 aromatic heterocycles. The predicted molar refractivity (Wildman–Crippen MR) is 77.9 cm³/mol. The van der Waals surface area contributed by atoms with Crippen LogP contribution in [0.3, 0.4) is 0 Å². The Hall–Kier alpha value is -0.430. The van der Waals surface area contributed by atoms with Gasteiger partial charge >= 0.3 is 0 Å². The first-order valence-electron chi connectivity index (χ1n) is 6.28. The lowest BCUT2D eigenvalue weighted by Gasteiger charge is -2.45. The third kappa shape index (κ3) is 2.45. The highest BCUT2D eigenvalue weighted by Gasteiger charge is 2.28. The van der Waals surface area contributed by atoms with Crippen LogP contribution in [-0.4, -0.2) is 16.8 Å². The highest BCUT2D eigenvalue weighted by atomic mass is 32.3. The lowest BCUT2D eigenvalue weighted by Crippen LogP contribution is -2.20. The summed E-state index contributed by atoms with van der Waals surface area (Å²) in [5.41, 5.74) is 1.47. The second kappa shape index (κ2) is 5.27. The van der Waals surface area contributed by atoms with E-state index in [0.717, 1.165) is 16.9 Å². The summed E-state index contributed by atoms with van der Waals surface area (Å²) in [4.78, 5) is 1.58. The zero-order chi connectivity index (χ0) is 12.3. The van der Waals surface area contributed by atoms with Crippen molar-refractivity contribution in [1.82, 2.24) is 0 Å². The molecule has 0 unspecified atom stereocenters. The summed E-state index contributed by atoms with van der Waals surface area (Å²) in [7, 11) is -0.684. The molecule has 0 amide bonds. The van der Waals surface area contributed by atoms with E-state index in [0.29, 0.717) is 0 Å². The maximum atomic E-state index is 2.48. The molecule has 1 heteroatoms. The summed E-state index contributed by atoms with van der Waals surface area (Å²) in [6.45, 7) is 11.7. The van der Waals surface area contributed by atoms with Crippen LogP contribution in [0.1, 0.15) is 40.2 Å². The van der Waals surface area contributed by atoms with E-state index >= 15 is 0 Å². The van der Waals surface area contributed by atoms with Gasteiger partial charge in [0.05, 0.1) is 0 Å². The Labute approximate surface area is 103 Å². The Bertz CT molecular complexity index is 331. The van der Waals surface area contributed by atoms with Gasteiger partial charge in [0.15, 0.2) is 0 Å². The van der Waals surface area contributed by atoms with Crippen molar-refractivity contribution in [3.05, 3.63) is 29.8 Å². The minimum atomic E-state index is -0.684. The Morgan fingerprint density at radius 3 is 2.06 bits per heavy atom. The van der Waals surface area contributed by atoms with Crippen LogP contribution in [0.15, 0.2) is 29.2 Å². The first kappa shape index (κ1) is 13.6. The molecule has 0 spiro atoms. The SMILES string of the molecule is CCc1cccc(S(C)(C(C)C)C(C)C)c1. The molecule has 0 radical (unpaired) electrons. The minimum absolute atomic E-state index is 0.684. The van der Waals surface area contributed by atoms with Crippen molar-refractivity contribution >= 4 is 10.0 Å². The number of aryl methyl sites for hydroxylation is 1. The largest absolute Gasteiger partial charge is 0.213 e. The van der Waals surface area contributed by atoms with E-state index < -0.39 is 10.0 Å². The van der Waals surface area contributed by atoms with Crippen LogP contribution in [0.2, 0.25) is 0 Å². The van der Waals surface area contributed by atoms with Crippen LogP contribution in [0, 0.1) is 0 Å². The maximum Gasteiger partial charge on any atom is -0.00942 e. The molecule has 0 saturated carbocycles. The number of hydrogen-bond donors (Lipinski definition) is 0. The molecule has 0 atom stereocenters. The molecule has 92 valence electrons. The van der Waals surface area contributed by atoms with Gasteiger partial charge in [0, 0.05) is 0 Å². The monoisotopic (exact) mass is 238 g/mol. The van der Waals surface area contributed by atoms with Crippen molar-refractivity contribution in [2.24, 2.45) is 0 Å². The van der Waals surface area contributed by atoms with Crippen molar-refractivity contribution in [2.45, 2.75) is 56.4 Å². The molecule has 1 rings (SSSR count). The summed E-state index contributed by atoms with van der Waals surface area (Å²) < 4.78 is 0. The molecule has 0 aliphatic heterocycles. The fourth-order valence-corrected chi connectivity index (χ4v) is 5.08. The predicted octanol–water partition coefficient (Wildman–Crippen LogP) is 4.86. The highest BCUT2D eigenvalue weighted by Crippen LogP contribution is 2.60. The molecular weight excluding hydrogens is 212 g/mol. The van der Waals surface area contributed by atoms with Gasteiger partial charge in [0.2, 0.25) is 0 Å². The van der Waals surface area contributed by atoms with E-state index in [9.17, 15) is 0 Å². The fraction of sp³-hybridized carbons (Fsp3) is 0.600. The molecule has 16 heavy (non-hydrogen) atoms. The zero-order valence-corrected chi connectivity index (χ0v) is 12.4. The highest BCUT2D eigenvalue weighted by molar-refractivity contribution is 8.34. The third-order valence-electron chi connectivity index (χ3n) is 3.77. The van der Waals surface area contributed by atoms with Gasteiger partial charge in [0.25, 0.3) is 0 Å². The quantitative estimate of drug-likeness (QED) is 0.703. The maximum absolute atomic E-state index is 2.48. The van der Waals surface area contributed by atoms with E-state index in [4.69, 9.17) is 0 Å². The van der Waals surface area contributed by atoms with E-state index in [1.165, 1.54) is 5.56 Å². The van der Waals surface area contributed by atoms with Gasteiger partial charge in [0.1, 0.15) is 0 Å². The standard InChI is InChI=1S/C15H26S/c1-7-14-9-8-10-15(11-14)16(6,12(2)3)13(4)5/h8-13H,7H2,1-6H3. The van der Waals surface area contributed by atoms with Gasteiger partial charge in [-0.15, -0.1) is 0 Å². The number of hydrogen-bond acceptors (Lipinski definition) is 0. The second-order valence-electron chi connectivity index (χ2n) is 5.15. The molecule has 0 N–H and O–H groups in total. The second-order valence-corrected chi connectivity index (χ2v) is 9.60. The number of benzene rings is 1. The van der Waals surface area contributed by atoms with Crippen LogP contribution < -0.4 is 0 Å². The summed E-state index contributed by atoms with van der Waals surface area (Å²) in [6, 6.07) is 9.22. The smallest absolute Gasteiger partial charge is 0.00942 e. The topological polar surface area (TPSA) is 0 Å². The molecule has 0 saturated heterocycles. The molecule has 0 heterocycles. The van der Waals surface area contributed by atoms with Gasteiger partial charge in [-0.1, -0.05) is 52.8 Å².